The minimum atomic E-state index is -0.300. The van der Waals surface area contributed by atoms with Crippen LogP contribution < -0.4 is 0 Å². The van der Waals surface area contributed by atoms with Gasteiger partial charge in [0.2, 0.25) is 11.8 Å². The molecular weight excluding hydrogens is 352 g/mol. The molecule has 25 heavy (non-hydrogen) atoms. The summed E-state index contributed by atoms with van der Waals surface area (Å²) in [6, 6.07) is 13.9. The highest BCUT2D eigenvalue weighted by Crippen LogP contribution is 2.27. The lowest BCUT2D eigenvalue weighted by atomic mass is 10.0. The molecule has 1 unspecified atom stereocenters. The van der Waals surface area contributed by atoms with Gasteiger partial charge in [0.05, 0.1) is 18.2 Å². The Labute approximate surface area is 155 Å². The van der Waals surface area contributed by atoms with Crippen LogP contribution >= 0.6 is 23.5 Å². The first-order valence-corrected chi connectivity index (χ1v) is 10.8. The SMILES string of the molecule is O=C(C1CSCN1C(=O)Cc1cccc2ccccc12)N1CCSC1. The molecule has 2 aliphatic heterocycles. The van der Waals surface area contributed by atoms with Crippen molar-refractivity contribution in [1.29, 1.82) is 0 Å². The van der Waals surface area contributed by atoms with E-state index in [1.165, 1.54) is 0 Å². The van der Waals surface area contributed by atoms with Crippen LogP contribution in [0.3, 0.4) is 0 Å². The average Bonchev–Trinajstić information content (AvgIpc) is 3.33. The van der Waals surface area contributed by atoms with Crippen molar-refractivity contribution in [2.75, 3.05) is 29.8 Å². The molecule has 2 amide bonds. The Hall–Kier alpha value is -1.66. The summed E-state index contributed by atoms with van der Waals surface area (Å²) in [4.78, 5) is 29.3. The Morgan fingerprint density at radius 2 is 1.88 bits per heavy atom. The molecule has 0 saturated carbocycles. The molecule has 0 aromatic heterocycles. The smallest absolute Gasteiger partial charge is 0.246 e. The number of carbonyl (C=O) groups is 2. The molecule has 4 nitrogen and oxygen atoms in total. The molecule has 2 aromatic rings. The number of carbonyl (C=O) groups excluding carboxylic acids is 2. The van der Waals surface area contributed by atoms with Gasteiger partial charge in [-0.1, -0.05) is 42.5 Å². The first-order valence-electron chi connectivity index (χ1n) is 8.44. The van der Waals surface area contributed by atoms with Gasteiger partial charge in [-0.25, -0.2) is 0 Å². The number of nitrogens with zero attached hydrogens (tertiary/aromatic N) is 2. The van der Waals surface area contributed by atoms with Crippen molar-refractivity contribution in [3.05, 3.63) is 48.0 Å². The second-order valence-electron chi connectivity index (χ2n) is 6.33. The molecule has 1 atom stereocenters. The van der Waals surface area contributed by atoms with Gasteiger partial charge in [0, 0.05) is 18.1 Å². The molecule has 2 aliphatic rings. The molecule has 0 bridgehead atoms. The first-order chi connectivity index (χ1) is 12.2. The van der Waals surface area contributed by atoms with Crippen molar-refractivity contribution in [1.82, 2.24) is 9.80 Å². The van der Waals surface area contributed by atoms with Gasteiger partial charge in [-0.05, 0) is 16.3 Å². The van der Waals surface area contributed by atoms with E-state index >= 15 is 0 Å². The first kappa shape index (κ1) is 16.8. The molecule has 0 aliphatic carbocycles. The number of benzene rings is 2. The molecule has 2 aromatic carbocycles. The van der Waals surface area contributed by atoms with E-state index in [4.69, 9.17) is 0 Å². The van der Waals surface area contributed by atoms with Gasteiger partial charge in [0.15, 0.2) is 0 Å². The Morgan fingerprint density at radius 1 is 1.04 bits per heavy atom. The predicted molar refractivity (Wildman–Crippen MR) is 105 cm³/mol. The number of amides is 2. The van der Waals surface area contributed by atoms with E-state index in [-0.39, 0.29) is 17.9 Å². The highest BCUT2D eigenvalue weighted by atomic mass is 32.2. The number of hydrogen-bond acceptors (Lipinski definition) is 4. The summed E-state index contributed by atoms with van der Waals surface area (Å²) in [5.74, 6) is 3.23. The van der Waals surface area contributed by atoms with Gasteiger partial charge in [0.1, 0.15) is 6.04 Å². The molecule has 0 radical (unpaired) electrons. The standard InChI is InChI=1S/C19H20N2O2S2/c22-18(10-15-6-3-5-14-4-1-2-7-16(14)15)21-13-25-11-17(21)19(23)20-8-9-24-12-20/h1-7,17H,8-13H2. The topological polar surface area (TPSA) is 40.6 Å². The van der Waals surface area contributed by atoms with Crippen molar-refractivity contribution >= 4 is 46.1 Å². The van der Waals surface area contributed by atoms with Crippen LogP contribution in [0.1, 0.15) is 5.56 Å². The molecule has 130 valence electrons. The fourth-order valence-corrected chi connectivity index (χ4v) is 5.53. The maximum absolute atomic E-state index is 12.9. The Balaban J connectivity index is 1.52. The van der Waals surface area contributed by atoms with Gasteiger partial charge < -0.3 is 9.80 Å². The molecule has 4 rings (SSSR count). The third-order valence-electron chi connectivity index (χ3n) is 4.77. The molecule has 2 heterocycles. The normalized spacial score (nSPS) is 20.4. The number of hydrogen-bond donors (Lipinski definition) is 0. The van der Waals surface area contributed by atoms with Crippen LogP contribution in [0.5, 0.6) is 0 Å². The monoisotopic (exact) mass is 372 g/mol. The van der Waals surface area contributed by atoms with E-state index in [0.717, 1.165) is 34.5 Å². The summed E-state index contributed by atoms with van der Waals surface area (Å²) >= 11 is 3.45. The highest BCUT2D eigenvalue weighted by Gasteiger charge is 2.37. The van der Waals surface area contributed by atoms with E-state index in [1.807, 2.05) is 29.2 Å². The molecule has 0 spiro atoms. The zero-order chi connectivity index (χ0) is 17.2. The van der Waals surface area contributed by atoms with Crippen molar-refractivity contribution in [2.45, 2.75) is 12.5 Å². The van der Waals surface area contributed by atoms with Crippen LogP contribution in [0, 0.1) is 0 Å². The number of rotatable bonds is 3. The van der Waals surface area contributed by atoms with Crippen molar-refractivity contribution < 1.29 is 9.59 Å². The maximum atomic E-state index is 12.9. The highest BCUT2D eigenvalue weighted by molar-refractivity contribution is 7.99. The number of thioether (sulfide) groups is 2. The van der Waals surface area contributed by atoms with Crippen LogP contribution in [-0.4, -0.2) is 57.5 Å². The molecular formula is C19H20N2O2S2. The predicted octanol–water partition coefficient (Wildman–Crippen LogP) is 2.82. The lowest BCUT2D eigenvalue weighted by molar-refractivity contribution is -0.142. The van der Waals surface area contributed by atoms with E-state index in [9.17, 15) is 9.59 Å². The molecule has 6 heteroatoms. The lowest BCUT2D eigenvalue weighted by Crippen LogP contribution is -2.48. The average molecular weight is 373 g/mol. The Kier molecular flexibility index (Phi) is 4.90. The summed E-state index contributed by atoms with van der Waals surface area (Å²) in [5, 5.41) is 2.26. The second-order valence-corrected chi connectivity index (χ2v) is 8.41. The molecule has 2 fully saturated rings. The van der Waals surface area contributed by atoms with Gasteiger partial charge in [-0.15, -0.1) is 23.5 Å². The summed E-state index contributed by atoms with van der Waals surface area (Å²) in [6.07, 6.45) is 0.348. The van der Waals surface area contributed by atoms with Gasteiger partial charge in [-0.3, -0.25) is 9.59 Å². The fraction of sp³-hybridized carbons (Fsp3) is 0.368. The van der Waals surface area contributed by atoms with Crippen molar-refractivity contribution in [3.63, 3.8) is 0 Å². The van der Waals surface area contributed by atoms with E-state index in [0.29, 0.717) is 18.1 Å². The Morgan fingerprint density at radius 3 is 2.72 bits per heavy atom. The lowest BCUT2D eigenvalue weighted by Gasteiger charge is -2.27. The minimum Gasteiger partial charge on any atom is -0.331 e. The zero-order valence-electron chi connectivity index (χ0n) is 13.9. The fourth-order valence-electron chi connectivity index (χ4n) is 3.40. The minimum absolute atomic E-state index is 0.0477. The van der Waals surface area contributed by atoms with Gasteiger partial charge >= 0.3 is 0 Å². The van der Waals surface area contributed by atoms with Gasteiger partial charge in [0.25, 0.3) is 0 Å². The van der Waals surface area contributed by atoms with Crippen LogP contribution in [-0.2, 0) is 16.0 Å². The Bertz CT molecular complexity index is 800. The van der Waals surface area contributed by atoms with E-state index in [1.54, 1.807) is 28.4 Å². The number of fused-ring (bicyclic) bond motifs is 1. The third kappa shape index (κ3) is 3.37. The van der Waals surface area contributed by atoms with E-state index < -0.39 is 0 Å². The molecule has 2 saturated heterocycles. The molecule has 0 N–H and O–H groups in total. The van der Waals surface area contributed by atoms with Crippen LogP contribution in [0.2, 0.25) is 0 Å². The summed E-state index contributed by atoms with van der Waals surface area (Å²) < 4.78 is 0. The summed E-state index contributed by atoms with van der Waals surface area (Å²) in [5.41, 5.74) is 1.03. The quantitative estimate of drug-likeness (QED) is 0.831. The van der Waals surface area contributed by atoms with Crippen molar-refractivity contribution in [2.24, 2.45) is 0 Å². The van der Waals surface area contributed by atoms with Crippen LogP contribution in [0.25, 0.3) is 10.8 Å². The summed E-state index contributed by atoms with van der Waals surface area (Å²) in [7, 11) is 0. The van der Waals surface area contributed by atoms with Gasteiger partial charge in [-0.2, -0.15) is 0 Å². The van der Waals surface area contributed by atoms with Crippen LogP contribution in [0.15, 0.2) is 42.5 Å². The summed E-state index contributed by atoms with van der Waals surface area (Å²) in [6.45, 7) is 0.802. The third-order valence-corrected chi connectivity index (χ3v) is 6.75. The second kappa shape index (κ2) is 7.30. The largest absolute Gasteiger partial charge is 0.331 e. The van der Waals surface area contributed by atoms with Crippen LogP contribution in [0.4, 0.5) is 0 Å². The van der Waals surface area contributed by atoms with Crippen molar-refractivity contribution in [3.8, 4) is 0 Å². The maximum Gasteiger partial charge on any atom is 0.246 e. The zero-order valence-corrected chi connectivity index (χ0v) is 15.5. The van der Waals surface area contributed by atoms with E-state index in [2.05, 4.69) is 18.2 Å².